The number of carbonyl (C=O) groups is 2. The van der Waals surface area contributed by atoms with Gasteiger partial charge in [0.25, 0.3) is 0 Å². The zero-order valence-electron chi connectivity index (χ0n) is 20.5. The largest absolute Gasteiger partial charge is 0.480 e. The summed E-state index contributed by atoms with van der Waals surface area (Å²) in [6.45, 7) is 5.70. The maximum absolute atomic E-state index is 12.2. The SMILES string of the molecule is Cc1ccccc1-c1cnc(OC(C)C)nc1N[C@@H](Cc1ccc(OC(=O)N(C)C)cc1)C(=O)O. The van der Waals surface area contributed by atoms with Crippen LogP contribution in [0.5, 0.6) is 11.8 Å². The summed E-state index contributed by atoms with van der Waals surface area (Å²) >= 11 is 0. The van der Waals surface area contributed by atoms with Gasteiger partial charge in [-0.2, -0.15) is 4.98 Å². The summed E-state index contributed by atoms with van der Waals surface area (Å²) in [5, 5.41) is 13.0. The number of hydrogen-bond donors (Lipinski definition) is 2. The number of carbonyl (C=O) groups excluding carboxylic acids is 1. The van der Waals surface area contributed by atoms with E-state index in [1.54, 1.807) is 44.6 Å². The minimum Gasteiger partial charge on any atom is -0.480 e. The molecule has 0 saturated carbocycles. The zero-order valence-corrected chi connectivity index (χ0v) is 20.5. The fourth-order valence-electron chi connectivity index (χ4n) is 3.30. The first-order valence-corrected chi connectivity index (χ1v) is 11.2. The van der Waals surface area contributed by atoms with Crippen LogP contribution < -0.4 is 14.8 Å². The number of benzene rings is 2. The van der Waals surface area contributed by atoms with E-state index in [0.29, 0.717) is 17.1 Å². The van der Waals surface area contributed by atoms with E-state index in [1.807, 2.05) is 45.0 Å². The van der Waals surface area contributed by atoms with Crippen LogP contribution in [0.3, 0.4) is 0 Å². The molecule has 2 aromatic carbocycles. The third-order valence-corrected chi connectivity index (χ3v) is 5.09. The molecule has 35 heavy (non-hydrogen) atoms. The first kappa shape index (κ1) is 25.5. The molecule has 2 N–H and O–H groups in total. The Labute approximate surface area is 204 Å². The number of ether oxygens (including phenoxy) is 2. The summed E-state index contributed by atoms with van der Waals surface area (Å²) < 4.78 is 10.9. The number of anilines is 1. The van der Waals surface area contributed by atoms with Crippen LogP contribution >= 0.6 is 0 Å². The predicted molar refractivity (Wildman–Crippen MR) is 133 cm³/mol. The molecular formula is C26H30N4O5. The number of aromatic nitrogens is 2. The number of rotatable bonds is 9. The second-order valence-corrected chi connectivity index (χ2v) is 8.54. The summed E-state index contributed by atoms with van der Waals surface area (Å²) in [4.78, 5) is 34.0. The lowest BCUT2D eigenvalue weighted by atomic mass is 10.0. The van der Waals surface area contributed by atoms with Crippen LogP contribution in [0, 0.1) is 6.92 Å². The molecule has 0 radical (unpaired) electrons. The van der Waals surface area contributed by atoms with Crippen LogP contribution in [0.15, 0.2) is 54.7 Å². The average molecular weight is 479 g/mol. The van der Waals surface area contributed by atoms with Crippen molar-refractivity contribution in [3.05, 3.63) is 65.9 Å². The molecule has 3 rings (SSSR count). The third kappa shape index (κ3) is 6.92. The van der Waals surface area contributed by atoms with Gasteiger partial charge in [0.2, 0.25) is 0 Å². The number of hydrogen-bond acceptors (Lipinski definition) is 7. The number of aryl methyl sites for hydroxylation is 1. The van der Waals surface area contributed by atoms with Crippen molar-refractivity contribution in [2.75, 3.05) is 19.4 Å². The molecule has 3 aromatic rings. The Bertz CT molecular complexity index is 1180. The summed E-state index contributed by atoms with van der Waals surface area (Å²) in [7, 11) is 3.19. The van der Waals surface area contributed by atoms with Crippen LogP contribution in [0.1, 0.15) is 25.0 Å². The van der Waals surface area contributed by atoms with Crippen LogP contribution in [-0.2, 0) is 11.2 Å². The molecule has 1 heterocycles. The van der Waals surface area contributed by atoms with Crippen molar-refractivity contribution in [2.24, 2.45) is 0 Å². The first-order valence-electron chi connectivity index (χ1n) is 11.2. The lowest BCUT2D eigenvalue weighted by Crippen LogP contribution is -2.32. The number of carboxylic acid groups (broad SMARTS) is 1. The van der Waals surface area contributed by atoms with E-state index in [1.165, 1.54) is 4.90 Å². The quantitative estimate of drug-likeness (QED) is 0.465. The van der Waals surface area contributed by atoms with Crippen LogP contribution in [-0.4, -0.2) is 58.3 Å². The molecule has 0 saturated heterocycles. The highest BCUT2D eigenvalue weighted by Gasteiger charge is 2.22. The van der Waals surface area contributed by atoms with Gasteiger partial charge in [0.1, 0.15) is 17.6 Å². The van der Waals surface area contributed by atoms with Gasteiger partial charge in [-0.3, -0.25) is 0 Å². The number of nitrogens with one attached hydrogen (secondary N) is 1. The molecule has 0 fully saturated rings. The van der Waals surface area contributed by atoms with E-state index in [9.17, 15) is 14.7 Å². The molecule has 0 aliphatic rings. The Kier molecular flexibility index (Phi) is 8.25. The van der Waals surface area contributed by atoms with Crippen molar-refractivity contribution in [1.82, 2.24) is 14.9 Å². The Balaban J connectivity index is 1.88. The van der Waals surface area contributed by atoms with Crippen molar-refractivity contribution < 1.29 is 24.2 Å². The van der Waals surface area contributed by atoms with E-state index in [-0.39, 0.29) is 18.5 Å². The molecular weight excluding hydrogens is 448 g/mol. The van der Waals surface area contributed by atoms with Gasteiger partial charge in [-0.25, -0.2) is 14.6 Å². The molecule has 0 aliphatic carbocycles. The van der Waals surface area contributed by atoms with E-state index in [4.69, 9.17) is 9.47 Å². The van der Waals surface area contributed by atoms with Crippen LogP contribution in [0.2, 0.25) is 0 Å². The van der Waals surface area contributed by atoms with E-state index < -0.39 is 18.1 Å². The normalized spacial score (nSPS) is 11.6. The van der Waals surface area contributed by atoms with E-state index in [0.717, 1.165) is 16.7 Å². The number of amides is 1. The Morgan fingerprint density at radius 3 is 2.34 bits per heavy atom. The van der Waals surface area contributed by atoms with Crippen molar-refractivity contribution in [1.29, 1.82) is 0 Å². The standard InChI is InChI=1S/C26H30N4O5/c1-16(2)34-25-27-15-21(20-9-7-6-8-17(20)3)23(29-25)28-22(24(31)32)14-18-10-12-19(13-11-18)35-26(33)30(4)5/h6-13,15-16,22H,14H2,1-5H3,(H,31,32)(H,27,28,29)/t22-/m0/s1. The van der Waals surface area contributed by atoms with E-state index in [2.05, 4.69) is 15.3 Å². The molecule has 1 atom stereocenters. The Morgan fingerprint density at radius 2 is 1.74 bits per heavy atom. The molecule has 0 aliphatic heterocycles. The van der Waals surface area contributed by atoms with Gasteiger partial charge in [0.05, 0.1) is 6.10 Å². The second-order valence-electron chi connectivity index (χ2n) is 8.54. The maximum Gasteiger partial charge on any atom is 0.414 e. The molecule has 1 amide bonds. The summed E-state index contributed by atoms with van der Waals surface area (Å²) in [6.07, 6.45) is 1.19. The number of carboxylic acids is 1. The summed E-state index contributed by atoms with van der Waals surface area (Å²) in [5.41, 5.74) is 3.32. The fraction of sp³-hybridized carbons (Fsp3) is 0.308. The van der Waals surface area contributed by atoms with Gasteiger partial charge in [-0.1, -0.05) is 36.4 Å². The fourth-order valence-corrected chi connectivity index (χ4v) is 3.30. The van der Waals surface area contributed by atoms with Crippen molar-refractivity contribution in [3.63, 3.8) is 0 Å². The molecule has 0 unspecified atom stereocenters. The monoisotopic (exact) mass is 478 g/mol. The highest BCUT2D eigenvalue weighted by molar-refractivity contribution is 5.82. The van der Waals surface area contributed by atoms with Crippen LogP contribution in [0.4, 0.5) is 10.6 Å². The minimum absolute atomic E-state index is 0.137. The third-order valence-electron chi connectivity index (χ3n) is 5.09. The topological polar surface area (TPSA) is 114 Å². The summed E-state index contributed by atoms with van der Waals surface area (Å²) in [6, 6.07) is 13.7. The molecule has 9 nitrogen and oxygen atoms in total. The van der Waals surface area contributed by atoms with Gasteiger partial charge < -0.3 is 24.8 Å². The average Bonchev–Trinajstić information content (AvgIpc) is 2.80. The molecule has 0 spiro atoms. The lowest BCUT2D eigenvalue weighted by Gasteiger charge is -2.19. The van der Waals surface area contributed by atoms with Crippen LogP contribution in [0.25, 0.3) is 11.1 Å². The second kappa shape index (κ2) is 11.3. The number of aliphatic carboxylic acids is 1. The Hall–Kier alpha value is -4.14. The maximum atomic E-state index is 12.2. The first-order chi connectivity index (χ1) is 16.6. The van der Waals surface area contributed by atoms with Gasteiger partial charge in [-0.15, -0.1) is 0 Å². The molecule has 184 valence electrons. The van der Waals surface area contributed by atoms with Gasteiger partial charge in [-0.05, 0) is 49.6 Å². The number of nitrogens with zero attached hydrogens (tertiary/aromatic N) is 3. The zero-order chi connectivity index (χ0) is 25.5. The smallest absolute Gasteiger partial charge is 0.414 e. The van der Waals surface area contributed by atoms with Crippen molar-refractivity contribution in [2.45, 2.75) is 39.3 Å². The molecule has 1 aromatic heterocycles. The van der Waals surface area contributed by atoms with Crippen molar-refractivity contribution >= 4 is 17.9 Å². The van der Waals surface area contributed by atoms with Gasteiger partial charge in [0.15, 0.2) is 0 Å². The Morgan fingerprint density at radius 1 is 1.06 bits per heavy atom. The van der Waals surface area contributed by atoms with E-state index >= 15 is 0 Å². The lowest BCUT2D eigenvalue weighted by molar-refractivity contribution is -0.137. The summed E-state index contributed by atoms with van der Waals surface area (Å²) in [5.74, 6) is -0.289. The van der Waals surface area contributed by atoms with Gasteiger partial charge in [0, 0.05) is 32.3 Å². The highest BCUT2D eigenvalue weighted by Crippen LogP contribution is 2.30. The van der Waals surface area contributed by atoms with Crippen molar-refractivity contribution in [3.8, 4) is 22.9 Å². The highest BCUT2D eigenvalue weighted by atomic mass is 16.6. The minimum atomic E-state index is -1.03. The molecule has 9 heteroatoms. The van der Waals surface area contributed by atoms with Gasteiger partial charge >= 0.3 is 18.1 Å². The molecule has 0 bridgehead atoms. The predicted octanol–water partition coefficient (Wildman–Crippen LogP) is 4.41.